The molecule has 1 aromatic heterocycles. The molecule has 0 aliphatic carbocycles. The lowest BCUT2D eigenvalue weighted by Gasteiger charge is -2.34. The van der Waals surface area contributed by atoms with Gasteiger partial charge in [-0.05, 0) is 17.7 Å². The number of piperazine rings is 1. The van der Waals surface area contributed by atoms with Crippen LogP contribution < -0.4 is 0 Å². The average Bonchev–Trinajstić information content (AvgIpc) is 3.07. The second kappa shape index (κ2) is 7.38. The quantitative estimate of drug-likeness (QED) is 0.646. The van der Waals surface area contributed by atoms with Crippen molar-refractivity contribution in [3.05, 3.63) is 55.8 Å². The molecule has 0 spiro atoms. The topological polar surface area (TPSA) is 95.4 Å². The minimum atomic E-state index is -0.616. The van der Waals surface area contributed by atoms with Gasteiger partial charge in [0.2, 0.25) is 5.69 Å². The van der Waals surface area contributed by atoms with Crippen molar-refractivity contribution in [3.8, 4) is 0 Å². The van der Waals surface area contributed by atoms with E-state index in [-0.39, 0.29) is 11.4 Å². The van der Waals surface area contributed by atoms with Crippen LogP contribution in [-0.4, -0.2) is 57.0 Å². The van der Waals surface area contributed by atoms with Gasteiger partial charge in [0.05, 0.1) is 4.92 Å². The lowest BCUT2D eigenvalue weighted by molar-refractivity contribution is -0.385. The fourth-order valence-corrected chi connectivity index (χ4v) is 3.20. The second-order valence-electron chi connectivity index (χ2n) is 5.69. The van der Waals surface area contributed by atoms with Gasteiger partial charge in [0.1, 0.15) is 6.20 Å². The second-order valence-corrected chi connectivity index (χ2v) is 6.54. The Hall–Kier alpha value is -2.16. The summed E-state index contributed by atoms with van der Waals surface area (Å²) in [7, 11) is 0. The number of halogens is 2. The summed E-state index contributed by atoms with van der Waals surface area (Å²) in [5.74, 6) is -0.409. The molecule has 1 saturated heterocycles. The Labute approximate surface area is 153 Å². The van der Waals surface area contributed by atoms with E-state index in [0.29, 0.717) is 42.8 Å². The molecule has 0 unspecified atom stereocenters. The molecule has 25 heavy (non-hydrogen) atoms. The molecule has 0 saturated carbocycles. The standard InChI is InChI=1S/C15H15Cl2N5O3/c16-11-2-1-10(12(17)7-11)9-20-3-5-21(6-4-20)15(23)14-13(22(24)25)8-18-19-14/h1-2,7-8H,3-6,9H2,(H,18,19). The molecule has 8 nitrogen and oxygen atoms in total. The van der Waals surface area contributed by atoms with Crippen molar-refractivity contribution in [2.45, 2.75) is 6.54 Å². The molecule has 2 aromatic rings. The van der Waals surface area contributed by atoms with Crippen molar-refractivity contribution in [1.29, 1.82) is 0 Å². The molecule has 1 fully saturated rings. The third-order valence-electron chi connectivity index (χ3n) is 4.10. The zero-order valence-corrected chi connectivity index (χ0v) is 14.6. The van der Waals surface area contributed by atoms with Crippen LogP contribution in [0.25, 0.3) is 0 Å². The van der Waals surface area contributed by atoms with Gasteiger partial charge in [-0.3, -0.25) is 24.9 Å². The number of carbonyl (C=O) groups is 1. The SMILES string of the molecule is O=C(c1[nH]ncc1[N+](=O)[O-])N1CCN(Cc2ccc(Cl)cc2Cl)CC1. The number of hydrogen-bond donors (Lipinski definition) is 1. The Morgan fingerprint density at radius 2 is 2.00 bits per heavy atom. The number of nitrogens with zero attached hydrogens (tertiary/aromatic N) is 4. The van der Waals surface area contributed by atoms with Gasteiger partial charge < -0.3 is 4.90 Å². The molecular formula is C15H15Cl2N5O3. The van der Waals surface area contributed by atoms with Crippen molar-refractivity contribution in [3.63, 3.8) is 0 Å². The molecule has 1 aliphatic rings. The predicted octanol–water partition coefficient (Wildman–Crippen LogP) is 2.58. The molecular weight excluding hydrogens is 369 g/mol. The number of benzene rings is 1. The number of rotatable bonds is 4. The molecule has 1 aliphatic heterocycles. The van der Waals surface area contributed by atoms with Crippen LogP contribution in [0.2, 0.25) is 10.0 Å². The highest BCUT2D eigenvalue weighted by atomic mass is 35.5. The summed E-state index contributed by atoms with van der Waals surface area (Å²) in [6, 6.07) is 5.38. The molecule has 0 radical (unpaired) electrons. The number of carbonyl (C=O) groups excluding carboxylic acids is 1. The minimum absolute atomic E-state index is 0.0841. The first kappa shape index (κ1) is 17.7. The summed E-state index contributed by atoms with van der Waals surface area (Å²) in [4.78, 5) is 26.5. The summed E-state index contributed by atoms with van der Waals surface area (Å²) in [5.41, 5.74) is 0.578. The molecule has 2 heterocycles. The van der Waals surface area contributed by atoms with Crippen molar-refractivity contribution in [1.82, 2.24) is 20.0 Å². The Bertz CT molecular complexity index is 802. The summed E-state index contributed by atoms with van der Waals surface area (Å²) >= 11 is 12.1. The number of aromatic amines is 1. The summed E-state index contributed by atoms with van der Waals surface area (Å²) in [6.07, 6.45) is 1.05. The van der Waals surface area contributed by atoms with E-state index in [2.05, 4.69) is 15.1 Å². The van der Waals surface area contributed by atoms with E-state index in [4.69, 9.17) is 23.2 Å². The van der Waals surface area contributed by atoms with E-state index in [9.17, 15) is 14.9 Å². The lowest BCUT2D eigenvalue weighted by Crippen LogP contribution is -2.48. The Morgan fingerprint density at radius 1 is 1.28 bits per heavy atom. The highest BCUT2D eigenvalue weighted by molar-refractivity contribution is 6.35. The van der Waals surface area contributed by atoms with Crippen LogP contribution in [-0.2, 0) is 6.54 Å². The molecule has 1 amide bonds. The highest BCUT2D eigenvalue weighted by Crippen LogP contribution is 2.23. The van der Waals surface area contributed by atoms with E-state index >= 15 is 0 Å². The van der Waals surface area contributed by atoms with Gasteiger partial charge in [-0.15, -0.1) is 0 Å². The van der Waals surface area contributed by atoms with Gasteiger partial charge >= 0.3 is 5.69 Å². The number of nitrogens with one attached hydrogen (secondary N) is 1. The van der Waals surface area contributed by atoms with Crippen LogP contribution in [0.4, 0.5) is 5.69 Å². The number of H-pyrrole nitrogens is 1. The zero-order valence-electron chi connectivity index (χ0n) is 13.1. The first-order chi connectivity index (χ1) is 12.0. The maximum Gasteiger partial charge on any atom is 0.319 e. The zero-order chi connectivity index (χ0) is 18.0. The van der Waals surface area contributed by atoms with E-state index in [1.54, 1.807) is 17.0 Å². The molecule has 0 bridgehead atoms. The number of aromatic nitrogens is 2. The smallest absolute Gasteiger partial charge is 0.319 e. The van der Waals surface area contributed by atoms with Crippen LogP contribution in [0.1, 0.15) is 16.1 Å². The Balaban J connectivity index is 1.61. The van der Waals surface area contributed by atoms with Crippen molar-refractivity contribution in [2.75, 3.05) is 26.2 Å². The maximum atomic E-state index is 12.4. The van der Waals surface area contributed by atoms with Crippen LogP contribution in [0, 0.1) is 10.1 Å². The first-order valence-electron chi connectivity index (χ1n) is 7.59. The van der Waals surface area contributed by atoms with E-state index in [1.165, 1.54) is 0 Å². The summed E-state index contributed by atoms with van der Waals surface area (Å²) in [5, 5.41) is 18.1. The van der Waals surface area contributed by atoms with Crippen LogP contribution in [0.15, 0.2) is 24.4 Å². The molecule has 0 atom stereocenters. The number of nitro groups is 1. The van der Waals surface area contributed by atoms with E-state index in [1.807, 2.05) is 6.07 Å². The fourth-order valence-electron chi connectivity index (χ4n) is 2.73. The van der Waals surface area contributed by atoms with E-state index < -0.39 is 10.8 Å². The van der Waals surface area contributed by atoms with Crippen molar-refractivity contribution >= 4 is 34.8 Å². The Morgan fingerprint density at radius 3 is 2.64 bits per heavy atom. The maximum absolute atomic E-state index is 12.4. The van der Waals surface area contributed by atoms with Crippen LogP contribution >= 0.6 is 23.2 Å². The van der Waals surface area contributed by atoms with Crippen molar-refractivity contribution < 1.29 is 9.72 Å². The third kappa shape index (κ3) is 3.92. The minimum Gasteiger partial charge on any atom is -0.335 e. The van der Waals surface area contributed by atoms with Gasteiger partial charge in [0.15, 0.2) is 0 Å². The molecule has 1 N–H and O–H groups in total. The number of amides is 1. The number of hydrogen-bond acceptors (Lipinski definition) is 5. The van der Waals surface area contributed by atoms with Crippen LogP contribution in [0.3, 0.4) is 0 Å². The fraction of sp³-hybridized carbons (Fsp3) is 0.333. The lowest BCUT2D eigenvalue weighted by atomic mass is 10.2. The van der Waals surface area contributed by atoms with Gasteiger partial charge in [-0.2, -0.15) is 5.10 Å². The summed E-state index contributed by atoms with van der Waals surface area (Å²) < 4.78 is 0. The average molecular weight is 384 g/mol. The van der Waals surface area contributed by atoms with Gasteiger partial charge in [-0.1, -0.05) is 29.3 Å². The first-order valence-corrected chi connectivity index (χ1v) is 8.34. The third-order valence-corrected chi connectivity index (χ3v) is 4.69. The normalized spacial score (nSPS) is 15.4. The predicted molar refractivity (Wildman–Crippen MR) is 92.9 cm³/mol. The molecule has 10 heteroatoms. The molecule has 3 rings (SSSR count). The molecule has 1 aromatic carbocycles. The highest BCUT2D eigenvalue weighted by Gasteiger charge is 2.29. The van der Waals surface area contributed by atoms with Gasteiger partial charge in [0.25, 0.3) is 5.91 Å². The van der Waals surface area contributed by atoms with Crippen LogP contribution in [0.5, 0.6) is 0 Å². The van der Waals surface area contributed by atoms with Gasteiger partial charge in [-0.25, -0.2) is 0 Å². The Kier molecular flexibility index (Phi) is 5.22. The largest absolute Gasteiger partial charge is 0.335 e. The van der Waals surface area contributed by atoms with Crippen molar-refractivity contribution in [2.24, 2.45) is 0 Å². The summed E-state index contributed by atoms with van der Waals surface area (Å²) in [6.45, 7) is 2.89. The monoisotopic (exact) mass is 383 g/mol. The molecule has 132 valence electrons. The van der Waals surface area contributed by atoms with Gasteiger partial charge in [0, 0.05) is 42.8 Å². The van der Waals surface area contributed by atoms with E-state index in [0.717, 1.165) is 11.8 Å².